The highest BCUT2D eigenvalue weighted by Crippen LogP contribution is 2.44. The van der Waals surface area contributed by atoms with Crippen molar-refractivity contribution >= 4 is 46.1 Å². The van der Waals surface area contributed by atoms with Crippen molar-refractivity contribution < 1.29 is 8.98 Å². The van der Waals surface area contributed by atoms with Gasteiger partial charge in [0.15, 0.2) is 0 Å². The summed E-state index contributed by atoms with van der Waals surface area (Å²) in [5.41, 5.74) is 3.80. The molecule has 29 heavy (non-hydrogen) atoms. The number of hydrogen-bond acceptors (Lipinski definition) is 6. The van der Waals surface area contributed by atoms with Gasteiger partial charge in [0.25, 0.3) is 5.56 Å². The molecule has 9 heteroatoms. The van der Waals surface area contributed by atoms with Gasteiger partial charge in [-0.2, -0.15) is 0 Å². The van der Waals surface area contributed by atoms with Crippen LogP contribution in [0.25, 0.3) is 22.0 Å². The SMILES string of the molecule is COSN(C)c1cc2c(c(-c3cn(C)c(=O)c4[nH]ccc34)c1)NC(C)(C)C(=O)N2. The first-order valence-electron chi connectivity index (χ1n) is 9.12. The highest BCUT2D eigenvalue weighted by Gasteiger charge is 2.35. The Kier molecular flexibility index (Phi) is 4.59. The lowest BCUT2D eigenvalue weighted by molar-refractivity contribution is -0.119. The number of aromatic nitrogens is 2. The monoisotopic (exact) mass is 413 g/mol. The van der Waals surface area contributed by atoms with Crippen molar-refractivity contribution in [3.8, 4) is 11.1 Å². The van der Waals surface area contributed by atoms with Gasteiger partial charge in [0.05, 0.1) is 24.2 Å². The first kappa shape index (κ1) is 19.4. The molecule has 2 aromatic heterocycles. The van der Waals surface area contributed by atoms with Crippen LogP contribution in [0.1, 0.15) is 13.8 Å². The zero-order valence-corrected chi connectivity index (χ0v) is 17.7. The van der Waals surface area contributed by atoms with Crippen LogP contribution in [0.5, 0.6) is 0 Å². The van der Waals surface area contributed by atoms with Crippen LogP contribution in [0.15, 0.2) is 35.4 Å². The van der Waals surface area contributed by atoms with Gasteiger partial charge in [0.1, 0.15) is 23.3 Å². The van der Waals surface area contributed by atoms with E-state index in [9.17, 15) is 9.59 Å². The summed E-state index contributed by atoms with van der Waals surface area (Å²) in [6, 6.07) is 5.82. The zero-order valence-electron chi connectivity index (χ0n) is 16.9. The summed E-state index contributed by atoms with van der Waals surface area (Å²) < 4.78 is 8.61. The lowest BCUT2D eigenvalue weighted by atomic mass is 9.94. The van der Waals surface area contributed by atoms with Gasteiger partial charge in [-0.25, -0.2) is 0 Å². The van der Waals surface area contributed by atoms with E-state index in [4.69, 9.17) is 4.18 Å². The Balaban J connectivity index is 2.03. The van der Waals surface area contributed by atoms with Gasteiger partial charge in [-0.05, 0) is 32.0 Å². The number of hydrogen-bond donors (Lipinski definition) is 3. The maximum absolute atomic E-state index is 12.5. The number of H-pyrrole nitrogens is 1. The summed E-state index contributed by atoms with van der Waals surface area (Å²) in [6.07, 6.45) is 3.59. The molecule has 1 aliphatic rings. The Morgan fingerprint density at radius 1 is 1.21 bits per heavy atom. The molecule has 4 rings (SSSR count). The number of aromatic amines is 1. The largest absolute Gasteiger partial charge is 0.369 e. The molecule has 0 saturated carbocycles. The number of amides is 1. The molecule has 0 spiro atoms. The van der Waals surface area contributed by atoms with Crippen molar-refractivity contribution in [2.24, 2.45) is 7.05 Å². The summed E-state index contributed by atoms with van der Waals surface area (Å²) in [4.78, 5) is 28.1. The number of pyridine rings is 1. The molecule has 0 unspecified atom stereocenters. The van der Waals surface area contributed by atoms with Gasteiger partial charge >= 0.3 is 0 Å². The number of fused-ring (bicyclic) bond motifs is 2. The summed E-state index contributed by atoms with van der Waals surface area (Å²) in [7, 11) is 5.21. The average molecular weight is 414 g/mol. The first-order chi connectivity index (χ1) is 13.7. The van der Waals surface area contributed by atoms with E-state index in [0.717, 1.165) is 27.9 Å². The molecule has 152 valence electrons. The average Bonchev–Trinajstić information content (AvgIpc) is 3.15. The summed E-state index contributed by atoms with van der Waals surface area (Å²) >= 11 is 1.19. The number of nitrogens with zero attached hydrogens (tertiary/aromatic N) is 2. The second-order valence-corrected chi connectivity index (χ2v) is 8.61. The summed E-state index contributed by atoms with van der Waals surface area (Å²) in [6.45, 7) is 3.67. The van der Waals surface area contributed by atoms with Crippen molar-refractivity contribution in [3.63, 3.8) is 0 Å². The Hall–Kier alpha value is -2.91. The Morgan fingerprint density at radius 2 is 1.97 bits per heavy atom. The third kappa shape index (κ3) is 3.16. The molecule has 3 aromatic rings. The molecule has 1 aliphatic heterocycles. The number of benzene rings is 1. The van der Waals surface area contributed by atoms with Crippen LogP contribution in [-0.2, 0) is 16.0 Å². The van der Waals surface area contributed by atoms with Crippen molar-refractivity contribution in [1.29, 1.82) is 0 Å². The fraction of sp³-hybridized carbons (Fsp3) is 0.300. The summed E-state index contributed by atoms with van der Waals surface area (Å²) in [5.74, 6) is -0.109. The maximum atomic E-state index is 12.5. The molecule has 3 heterocycles. The van der Waals surface area contributed by atoms with E-state index in [1.165, 1.54) is 12.2 Å². The van der Waals surface area contributed by atoms with Crippen molar-refractivity contribution in [2.75, 3.05) is 29.1 Å². The van der Waals surface area contributed by atoms with Crippen LogP contribution in [0.2, 0.25) is 0 Å². The normalized spacial score (nSPS) is 15.0. The smallest absolute Gasteiger partial charge is 0.274 e. The Bertz CT molecular complexity index is 1180. The molecule has 0 atom stereocenters. The number of nitrogens with one attached hydrogen (secondary N) is 3. The van der Waals surface area contributed by atoms with E-state index in [1.807, 2.05) is 49.6 Å². The van der Waals surface area contributed by atoms with E-state index < -0.39 is 5.54 Å². The predicted octanol–water partition coefficient (Wildman–Crippen LogP) is 3.32. The number of carbonyl (C=O) groups is 1. The third-order valence-electron chi connectivity index (χ3n) is 5.11. The van der Waals surface area contributed by atoms with Crippen LogP contribution in [0.3, 0.4) is 0 Å². The van der Waals surface area contributed by atoms with Gasteiger partial charge in [-0.1, -0.05) is 0 Å². The number of rotatable bonds is 4. The fourth-order valence-electron chi connectivity index (χ4n) is 3.54. The second-order valence-electron chi connectivity index (χ2n) is 7.58. The highest BCUT2D eigenvalue weighted by molar-refractivity contribution is 7.96. The van der Waals surface area contributed by atoms with Crippen molar-refractivity contribution in [3.05, 3.63) is 40.9 Å². The van der Waals surface area contributed by atoms with Gasteiger partial charge in [0, 0.05) is 43.0 Å². The zero-order chi connectivity index (χ0) is 20.9. The molecule has 0 bridgehead atoms. The minimum Gasteiger partial charge on any atom is -0.369 e. The van der Waals surface area contributed by atoms with Crippen molar-refractivity contribution in [1.82, 2.24) is 9.55 Å². The van der Waals surface area contributed by atoms with Crippen LogP contribution >= 0.6 is 12.2 Å². The number of aryl methyl sites for hydroxylation is 1. The lowest BCUT2D eigenvalue weighted by Gasteiger charge is -2.35. The second kappa shape index (κ2) is 6.85. The maximum Gasteiger partial charge on any atom is 0.274 e. The molecule has 8 nitrogen and oxygen atoms in total. The van der Waals surface area contributed by atoms with E-state index in [2.05, 4.69) is 15.6 Å². The molecule has 0 fully saturated rings. The Morgan fingerprint density at radius 3 is 2.69 bits per heavy atom. The molecule has 1 aromatic carbocycles. The van der Waals surface area contributed by atoms with Crippen molar-refractivity contribution in [2.45, 2.75) is 19.4 Å². The minimum atomic E-state index is -0.769. The molecule has 0 saturated heterocycles. The fourth-order valence-corrected chi connectivity index (χ4v) is 3.96. The van der Waals surface area contributed by atoms with Crippen LogP contribution < -0.4 is 20.5 Å². The number of anilines is 3. The van der Waals surface area contributed by atoms with Crippen LogP contribution in [0, 0.1) is 0 Å². The van der Waals surface area contributed by atoms with E-state index in [0.29, 0.717) is 11.2 Å². The van der Waals surface area contributed by atoms with E-state index in [1.54, 1.807) is 24.9 Å². The van der Waals surface area contributed by atoms with E-state index in [-0.39, 0.29) is 11.5 Å². The molecular weight excluding hydrogens is 390 g/mol. The van der Waals surface area contributed by atoms with Gasteiger partial charge in [-0.15, -0.1) is 0 Å². The molecule has 1 amide bonds. The van der Waals surface area contributed by atoms with Crippen LogP contribution in [0.4, 0.5) is 17.1 Å². The third-order valence-corrected chi connectivity index (χ3v) is 5.69. The highest BCUT2D eigenvalue weighted by atomic mass is 32.2. The Labute approximate surface area is 172 Å². The summed E-state index contributed by atoms with van der Waals surface area (Å²) in [5, 5.41) is 7.21. The quantitative estimate of drug-likeness (QED) is 0.449. The first-order valence-corrected chi connectivity index (χ1v) is 9.82. The molecule has 3 N–H and O–H groups in total. The molecule has 0 radical (unpaired) electrons. The van der Waals surface area contributed by atoms with E-state index >= 15 is 0 Å². The van der Waals surface area contributed by atoms with Gasteiger partial charge < -0.3 is 24.4 Å². The molecular formula is C20H23N5O3S. The predicted molar refractivity (Wildman–Crippen MR) is 118 cm³/mol. The van der Waals surface area contributed by atoms with Gasteiger partial charge in [-0.3, -0.25) is 13.9 Å². The van der Waals surface area contributed by atoms with Crippen LogP contribution in [-0.4, -0.2) is 35.2 Å². The topological polar surface area (TPSA) is 91.4 Å². The lowest BCUT2D eigenvalue weighted by Crippen LogP contribution is -2.47. The standard InChI is InChI=1S/C20H23N5O3S/c1-20(2)19(27)22-15-9-11(25(4)29-28-5)8-13(16(15)23-20)14-10-24(3)18(26)17-12(14)6-7-21-17/h6-10,21,23H,1-5H3,(H,22,27). The number of carbonyl (C=O) groups excluding carboxylic acids is 1. The molecule has 0 aliphatic carbocycles. The van der Waals surface area contributed by atoms with Gasteiger partial charge in [0.2, 0.25) is 5.91 Å². The minimum absolute atomic E-state index is 0.0904.